The van der Waals surface area contributed by atoms with Crippen molar-refractivity contribution in [2.75, 3.05) is 78.5 Å². The van der Waals surface area contributed by atoms with E-state index < -0.39 is 0 Å². The van der Waals surface area contributed by atoms with Crippen LogP contribution < -0.4 is 19.6 Å². The predicted molar refractivity (Wildman–Crippen MR) is 128 cm³/mol. The third-order valence-corrected chi connectivity index (χ3v) is 9.88. The zero-order valence-corrected chi connectivity index (χ0v) is 21.1. The molecular formula is C26H48N6+4. The molecule has 0 radical (unpaired) electrons. The van der Waals surface area contributed by atoms with Crippen molar-refractivity contribution in [3.63, 3.8) is 0 Å². The summed E-state index contributed by atoms with van der Waals surface area (Å²) < 4.78 is 0. The number of hydrogen-bond donors (Lipinski definition) is 4. The molecule has 8 aliphatic heterocycles. The molecular weight excluding hydrogens is 396 g/mol. The van der Waals surface area contributed by atoms with E-state index in [9.17, 15) is 0 Å². The lowest BCUT2D eigenvalue weighted by molar-refractivity contribution is -0.918. The standard InChI is InChI=1S/C26H44N6/c1-19(2)9-25-15-29-5-6-30(16-25)12-21(11-29)23(25)27-28-24-22-13-31-7-8-32(14-22)18-26(24,17-31)10-20(3)4/h19-22H,5-18H2,1-4H3/p+4/b27-23-,28-24-. The maximum atomic E-state index is 5.38. The lowest BCUT2D eigenvalue weighted by Crippen LogP contribution is -3.17. The second-order valence-electron chi connectivity index (χ2n) is 13.6. The van der Waals surface area contributed by atoms with Gasteiger partial charge in [0.25, 0.3) is 0 Å². The molecule has 178 valence electrons. The quantitative estimate of drug-likeness (QED) is 0.321. The van der Waals surface area contributed by atoms with E-state index in [4.69, 9.17) is 10.2 Å². The van der Waals surface area contributed by atoms with Gasteiger partial charge in [0.1, 0.15) is 37.0 Å². The van der Waals surface area contributed by atoms with Gasteiger partial charge in [-0.2, -0.15) is 10.2 Å². The van der Waals surface area contributed by atoms with Gasteiger partial charge in [-0.05, 0) is 24.7 Å². The van der Waals surface area contributed by atoms with E-state index in [1.165, 1.54) is 103 Å². The maximum Gasteiger partial charge on any atom is 0.127 e. The number of hydrogen-bond acceptors (Lipinski definition) is 2. The zero-order chi connectivity index (χ0) is 22.1. The topological polar surface area (TPSA) is 42.5 Å². The SMILES string of the molecule is CC(C)CC12C[NH+]3CC[NH+](CC(C3)/C1=N/N=C1/C3C[NH+]4CC[NH+](C3)CC1(CC(C)C)C4)C2. The molecule has 6 heteroatoms. The largest absolute Gasteiger partial charge is 0.329 e. The van der Waals surface area contributed by atoms with Crippen LogP contribution in [0.3, 0.4) is 0 Å². The molecule has 8 bridgehead atoms. The molecule has 4 unspecified atom stereocenters. The molecule has 8 aliphatic rings. The lowest BCUT2D eigenvalue weighted by atomic mass is 9.66. The van der Waals surface area contributed by atoms with Crippen LogP contribution in [0, 0.1) is 34.5 Å². The molecule has 0 aliphatic carbocycles. The molecule has 0 spiro atoms. The van der Waals surface area contributed by atoms with Crippen molar-refractivity contribution >= 4 is 11.4 Å². The summed E-state index contributed by atoms with van der Waals surface area (Å²) in [6, 6.07) is 0. The van der Waals surface area contributed by atoms with E-state index in [0.717, 1.165) is 11.8 Å². The highest BCUT2D eigenvalue weighted by atomic mass is 15.3. The average Bonchev–Trinajstić information content (AvgIpc) is 3.06. The van der Waals surface area contributed by atoms with Crippen molar-refractivity contribution in [3.05, 3.63) is 0 Å². The normalized spacial score (nSPS) is 49.6. The number of nitrogens with one attached hydrogen (secondary N) is 4. The van der Waals surface area contributed by atoms with Crippen molar-refractivity contribution in [3.8, 4) is 0 Å². The van der Waals surface area contributed by atoms with E-state index >= 15 is 0 Å². The third kappa shape index (κ3) is 3.60. The number of nitrogens with zero attached hydrogens (tertiary/aromatic N) is 2. The van der Waals surface area contributed by atoms with E-state index in [-0.39, 0.29) is 0 Å². The summed E-state index contributed by atoms with van der Waals surface area (Å²) in [7, 11) is 0. The maximum absolute atomic E-state index is 5.38. The van der Waals surface area contributed by atoms with Gasteiger partial charge in [-0.1, -0.05) is 27.7 Å². The molecule has 0 saturated carbocycles. The highest BCUT2D eigenvalue weighted by molar-refractivity contribution is 5.97. The third-order valence-electron chi connectivity index (χ3n) is 9.88. The Kier molecular flexibility index (Phi) is 5.33. The summed E-state index contributed by atoms with van der Waals surface area (Å²) >= 11 is 0. The first-order valence-corrected chi connectivity index (χ1v) is 13.8. The molecule has 4 atom stereocenters. The van der Waals surface area contributed by atoms with Gasteiger partial charge in [0, 0.05) is 0 Å². The summed E-state index contributed by atoms with van der Waals surface area (Å²) in [5.41, 5.74) is 3.66. The summed E-state index contributed by atoms with van der Waals surface area (Å²) in [5, 5.41) is 10.8. The summed E-state index contributed by atoms with van der Waals surface area (Å²) in [4.78, 5) is 7.41. The molecule has 8 fully saturated rings. The molecule has 0 aromatic carbocycles. The molecule has 8 heterocycles. The Bertz CT molecular complexity index is 702. The van der Waals surface area contributed by atoms with Crippen molar-refractivity contribution in [1.29, 1.82) is 0 Å². The Morgan fingerprint density at radius 2 is 0.938 bits per heavy atom. The van der Waals surface area contributed by atoms with Crippen LogP contribution in [0.25, 0.3) is 0 Å². The predicted octanol–water partition coefficient (Wildman–Crippen LogP) is -3.30. The number of fused-ring (bicyclic) bond motifs is 2. The lowest BCUT2D eigenvalue weighted by Gasteiger charge is -2.47. The van der Waals surface area contributed by atoms with Crippen molar-refractivity contribution < 1.29 is 19.6 Å². The zero-order valence-electron chi connectivity index (χ0n) is 21.1. The average molecular weight is 445 g/mol. The Morgan fingerprint density at radius 1 is 0.625 bits per heavy atom. The number of rotatable bonds is 5. The Morgan fingerprint density at radius 3 is 1.22 bits per heavy atom. The first-order valence-electron chi connectivity index (χ1n) is 13.8. The van der Waals surface area contributed by atoms with Gasteiger partial charge in [0.2, 0.25) is 0 Å². The number of piperidine rings is 4. The highest BCUT2D eigenvalue weighted by Gasteiger charge is 2.59. The Balaban J connectivity index is 1.39. The Labute approximate surface area is 195 Å². The van der Waals surface area contributed by atoms with Gasteiger partial charge in [-0.25, -0.2) is 0 Å². The molecule has 32 heavy (non-hydrogen) atoms. The fourth-order valence-corrected chi connectivity index (χ4v) is 9.49. The minimum Gasteiger partial charge on any atom is -0.329 e. The smallest absolute Gasteiger partial charge is 0.127 e. The van der Waals surface area contributed by atoms with E-state index in [0.29, 0.717) is 22.7 Å². The fourth-order valence-electron chi connectivity index (χ4n) is 9.49. The van der Waals surface area contributed by atoms with Crippen molar-refractivity contribution in [2.24, 2.45) is 44.7 Å². The molecule has 0 amide bonds. The van der Waals surface area contributed by atoms with E-state index in [1.54, 1.807) is 0 Å². The molecule has 8 rings (SSSR count). The van der Waals surface area contributed by atoms with Crippen LogP contribution in [0.2, 0.25) is 0 Å². The van der Waals surface area contributed by atoms with Gasteiger partial charge in [0.15, 0.2) is 0 Å². The molecule has 0 aromatic heterocycles. The van der Waals surface area contributed by atoms with Crippen LogP contribution in [0.1, 0.15) is 40.5 Å². The monoisotopic (exact) mass is 444 g/mol. The summed E-state index contributed by atoms with van der Waals surface area (Å²) in [6.45, 7) is 25.6. The first-order chi connectivity index (χ1) is 15.3. The van der Waals surface area contributed by atoms with Crippen LogP contribution in [-0.2, 0) is 0 Å². The van der Waals surface area contributed by atoms with E-state index in [2.05, 4.69) is 27.7 Å². The fraction of sp³-hybridized carbons (Fsp3) is 0.923. The Hall–Kier alpha value is -0.820. The van der Waals surface area contributed by atoms with Crippen molar-refractivity contribution in [2.45, 2.75) is 40.5 Å². The minimum absolute atomic E-state index is 0.304. The molecule has 6 nitrogen and oxygen atoms in total. The van der Waals surface area contributed by atoms with Gasteiger partial charge in [-0.15, -0.1) is 0 Å². The van der Waals surface area contributed by atoms with Crippen LogP contribution >= 0.6 is 0 Å². The summed E-state index contributed by atoms with van der Waals surface area (Å²) in [5.74, 6) is 2.79. The van der Waals surface area contributed by atoms with Gasteiger partial charge < -0.3 is 19.6 Å². The molecule has 0 aromatic rings. The second-order valence-corrected chi connectivity index (χ2v) is 13.6. The minimum atomic E-state index is 0.304. The van der Waals surface area contributed by atoms with Gasteiger partial charge in [-0.3, -0.25) is 0 Å². The number of quaternary nitrogens is 4. The first kappa shape index (κ1) is 21.7. The van der Waals surface area contributed by atoms with Crippen molar-refractivity contribution in [1.82, 2.24) is 0 Å². The van der Waals surface area contributed by atoms with Crippen LogP contribution in [0.15, 0.2) is 10.2 Å². The highest BCUT2D eigenvalue weighted by Crippen LogP contribution is 2.36. The molecule has 4 N–H and O–H groups in total. The van der Waals surface area contributed by atoms with E-state index in [1.807, 2.05) is 19.6 Å². The second kappa shape index (κ2) is 7.86. The van der Waals surface area contributed by atoms with Crippen LogP contribution in [-0.4, -0.2) is 90.0 Å². The van der Waals surface area contributed by atoms with Gasteiger partial charge >= 0.3 is 0 Å². The van der Waals surface area contributed by atoms with Crippen LogP contribution in [0.5, 0.6) is 0 Å². The van der Waals surface area contributed by atoms with Crippen LogP contribution in [0.4, 0.5) is 0 Å². The van der Waals surface area contributed by atoms with Gasteiger partial charge in [0.05, 0.1) is 75.6 Å². The molecule has 8 saturated heterocycles. The summed E-state index contributed by atoms with van der Waals surface area (Å²) in [6.07, 6.45) is 2.60.